The predicted octanol–water partition coefficient (Wildman–Crippen LogP) is 3.86. The van der Waals surface area contributed by atoms with Crippen molar-refractivity contribution in [1.29, 1.82) is 0 Å². The van der Waals surface area contributed by atoms with Crippen LogP contribution in [0.2, 0.25) is 0 Å². The maximum Gasteiger partial charge on any atom is 0.337 e. The van der Waals surface area contributed by atoms with Crippen LogP contribution in [0.3, 0.4) is 0 Å². The molecular weight excluding hydrogens is 416 g/mol. The van der Waals surface area contributed by atoms with E-state index in [9.17, 15) is 18.0 Å². The molecule has 3 rings (SSSR count). The number of carbonyl (C=O) groups is 2. The van der Waals surface area contributed by atoms with Crippen molar-refractivity contribution in [3.05, 3.63) is 89.5 Å². The number of amides is 1. The average molecular weight is 439 g/mol. The van der Waals surface area contributed by atoms with Gasteiger partial charge in [-0.25, -0.2) is 13.2 Å². The topological polar surface area (TPSA) is 92.8 Å². The number of rotatable bonds is 6. The summed E-state index contributed by atoms with van der Waals surface area (Å²) in [6.45, 7) is 1.88. The highest BCUT2D eigenvalue weighted by Crippen LogP contribution is 2.24. The minimum atomic E-state index is -3.85. The van der Waals surface area contributed by atoms with Crippen LogP contribution >= 0.6 is 0 Å². The fourth-order valence-corrected chi connectivity index (χ4v) is 4.16. The van der Waals surface area contributed by atoms with Gasteiger partial charge >= 0.3 is 5.97 Å². The Labute approximate surface area is 181 Å². The molecule has 0 bridgehead atoms. The van der Waals surface area contributed by atoms with E-state index in [0.29, 0.717) is 16.9 Å². The molecule has 31 heavy (non-hydrogen) atoms. The SMILES string of the molecule is COC(=O)c1ccc(NC(=O)c2cccc(S(=O)(=O)N(C)c3cccc(C)c3)c2)cc1. The van der Waals surface area contributed by atoms with Crippen LogP contribution in [0.15, 0.2) is 77.7 Å². The molecule has 160 valence electrons. The van der Waals surface area contributed by atoms with Crippen molar-refractivity contribution in [2.45, 2.75) is 11.8 Å². The van der Waals surface area contributed by atoms with Gasteiger partial charge in [-0.15, -0.1) is 0 Å². The summed E-state index contributed by atoms with van der Waals surface area (Å²) in [6, 6.07) is 19.2. The van der Waals surface area contributed by atoms with Crippen LogP contribution in [0.4, 0.5) is 11.4 Å². The molecule has 0 fully saturated rings. The Hall–Kier alpha value is -3.65. The number of benzene rings is 3. The minimum Gasteiger partial charge on any atom is -0.465 e. The number of anilines is 2. The molecule has 0 aliphatic carbocycles. The van der Waals surface area contributed by atoms with Crippen LogP contribution in [0, 0.1) is 6.92 Å². The minimum absolute atomic E-state index is 0.00481. The largest absolute Gasteiger partial charge is 0.465 e. The molecular formula is C23H22N2O5S. The summed E-state index contributed by atoms with van der Waals surface area (Å²) >= 11 is 0. The normalized spacial score (nSPS) is 10.9. The molecule has 0 aromatic heterocycles. The average Bonchev–Trinajstić information content (AvgIpc) is 2.78. The second-order valence-electron chi connectivity index (χ2n) is 6.86. The first-order chi connectivity index (χ1) is 14.7. The number of nitrogens with one attached hydrogen (secondary N) is 1. The molecule has 0 aliphatic heterocycles. The van der Waals surface area contributed by atoms with E-state index in [-0.39, 0.29) is 10.5 Å². The van der Waals surface area contributed by atoms with Crippen molar-refractivity contribution in [1.82, 2.24) is 0 Å². The van der Waals surface area contributed by atoms with Crippen LogP contribution in [-0.4, -0.2) is 34.5 Å². The lowest BCUT2D eigenvalue weighted by atomic mass is 10.2. The lowest BCUT2D eigenvalue weighted by Crippen LogP contribution is -2.27. The van der Waals surface area contributed by atoms with Crippen LogP contribution in [-0.2, 0) is 14.8 Å². The molecule has 3 aromatic rings. The third kappa shape index (κ3) is 4.92. The van der Waals surface area contributed by atoms with Crippen LogP contribution in [0.1, 0.15) is 26.3 Å². The number of ether oxygens (including phenoxy) is 1. The van der Waals surface area contributed by atoms with Gasteiger partial charge in [0.05, 0.1) is 23.3 Å². The highest BCUT2D eigenvalue weighted by molar-refractivity contribution is 7.92. The van der Waals surface area contributed by atoms with Crippen LogP contribution in [0.5, 0.6) is 0 Å². The van der Waals surface area contributed by atoms with E-state index >= 15 is 0 Å². The van der Waals surface area contributed by atoms with Gasteiger partial charge in [-0.1, -0.05) is 18.2 Å². The number of nitrogens with zero attached hydrogens (tertiary/aromatic N) is 1. The van der Waals surface area contributed by atoms with Gasteiger partial charge in [-0.2, -0.15) is 0 Å². The molecule has 0 atom stereocenters. The smallest absolute Gasteiger partial charge is 0.337 e. The van der Waals surface area contributed by atoms with Gasteiger partial charge in [0.1, 0.15) is 0 Å². The van der Waals surface area contributed by atoms with Crippen LogP contribution < -0.4 is 9.62 Å². The number of esters is 1. The number of methoxy groups -OCH3 is 1. The van der Waals surface area contributed by atoms with E-state index in [1.165, 1.54) is 54.9 Å². The van der Waals surface area contributed by atoms with E-state index in [2.05, 4.69) is 10.1 Å². The Balaban J connectivity index is 1.82. The Morgan fingerprint density at radius 1 is 0.903 bits per heavy atom. The van der Waals surface area contributed by atoms with Gasteiger partial charge in [-0.3, -0.25) is 9.10 Å². The molecule has 0 unspecified atom stereocenters. The number of aryl methyl sites for hydroxylation is 1. The second kappa shape index (κ2) is 9.01. The van der Waals surface area contributed by atoms with Crippen molar-refractivity contribution < 1.29 is 22.7 Å². The fraction of sp³-hybridized carbons (Fsp3) is 0.130. The molecule has 1 amide bonds. The summed E-state index contributed by atoms with van der Waals surface area (Å²) in [7, 11) is -1.09. The molecule has 1 N–H and O–H groups in total. The van der Waals surface area contributed by atoms with Crippen molar-refractivity contribution >= 4 is 33.3 Å². The first-order valence-electron chi connectivity index (χ1n) is 9.38. The van der Waals surface area contributed by atoms with Crippen molar-refractivity contribution in [2.75, 3.05) is 23.8 Å². The fourth-order valence-electron chi connectivity index (χ4n) is 2.93. The highest BCUT2D eigenvalue weighted by Gasteiger charge is 2.22. The number of sulfonamides is 1. The zero-order valence-corrected chi connectivity index (χ0v) is 18.1. The standard InChI is InChI=1S/C23H22N2O5S/c1-16-6-4-8-20(14-16)25(2)31(28,29)21-9-5-7-18(15-21)22(26)24-19-12-10-17(11-13-19)23(27)30-3/h4-15H,1-3H3,(H,24,26). The lowest BCUT2D eigenvalue weighted by molar-refractivity contribution is 0.0600. The highest BCUT2D eigenvalue weighted by atomic mass is 32.2. The maximum absolute atomic E-state index is 13.1. The van der Waals surface area contributed by atoms with Gasteiger partial charge < -0.3 is 10.1 Å². The maximum atomic E-state index is 13.1. The first-order valence-corrected chi connectivity index (χ1v) is 10.8. The van der Waals surface area contributed by atoms with Gasteiger partial charge in [0.2, 0.25) is 0 Å². The van der Waals surface area contributed by atoms with Crippen molar-refractivity contribution in [3.8, 4) is 0 Å². The van der Waals surface area contributed by atoms with Gasteiger partial charge in [-0.05, 0) is 67.1 Å². The number of hydrogen-bond acceptors (Lipinski definition) is 5. The van der Waals surface area contributed by atoms with Gasteiger partial charge in [0.15, 0.2) is 0 Å². The van der Waals surface area contributed by atoms with E-state index in [4.69, 9.17) is 0 Å². The summed E-state index contributed by atoms with van der Waals surface area (Å²) < 4.78 is 31.9. The molecule has 8 heteroatoms. The molecule has 0 saturated heterocycles. The van der Waals surface area contributed by atoms with E-state index < -0.39 is 21.9 Å². The monoisotopic (exact) mass is 438 g/mol. The summed E-state index contributed by atoms with van der Waals surface area (Å²) in [5.74, 6) is -0.949. The third-order valence-corrected chi connectivity index (χ3v) is 6.47. The molecule has 0 spiro atoms. The van der Waals surface area contributed by atoms with E-state index in [1.807, 2.05) is 13.0 Å². The Morgan fingerprint density at radius 2 is 1.58 bits per heavy atom. The third-order valence-electron chi connectivity index (χ3n) is 4.68. The van der Waals surface area contributed by atoms with E-state index in [1.54, 1.807) is 30.3 Å². The Bertz CT molecular complexity index is 1220. The molecule has 0 saturated carbocycles. The summed E-state index contributed by atoms with van der Waals surface area (Å²) in [5, 5.41) is 2.69. The lowest BCUT2D eigenvalue weighted by Gasteiger charge is -2.20. The Kier molecular flexibility index (Phi) is 6.41. The zero-order chi connectivity index (χ0) is 22.6. The molecule has 0 aliphatic rings. The second-order valence-corrected chi connectivity index (χ2v) is 8.83. The zero-order valence-electron chi connectivity index (χ0n) is 17.3. The molecule has 0 heterocycles. The first kappa shape index (κ1) is 22.0. The molecule has 7 nitrogen and oxygen atoms in total. The predicted molar refractivity (Wildman–Crippen MR) is 119 cm³/mol. The van der Waals surface area contributed by atoms with Crippen LogP contribution in [0.25, 0.3) is 0 Å². The molecule has 3 aromatic carbocycles. The van der Waals surface area contributed by atoms with Gasteiger partial charge in [0.25, 0.3) is 15.9 Å². The van der Waals surface area contributed by atoms with E-state index in [0.717, 1.165) is 5.56 Å². The molecule has 0 radical (unpaired) electrons. The summed E-state index contributed by atoms with van der Waals surface area (Å²) in [5.41, 5.74) is 2.47. The van der Waals surface area contributed by atoms with Gasteiger partial charge in [0, 0.05) is 18.3 Å². The van der Waals surface area contributed by atoms with Crippen molar-refractivity contribution in [3.63, 3.8) is 0 Å². The number of carbonyl (C=O) groups excluding carboxylic acids is 2. The summed E-state index contributed by atoms with van der Waals surface area (Å²) in [6.07, 6.45) is 0. The Morgan fingerprint density at radius 3 is 2.23 bits per heavy atom. The van der Waals surface area contributed by atoms with Crippen molar-refractivity contribution in [2.24, 2.45) is 0 Å². The quantitative estimate of drug-likeness (QED) is 0.590. The summed E-state index contributed by atoms with van der Waals surface area (Å²) in [4.78, 5) is 24.2. The number of hydrogen-bond donors (Lipinski definition) is 1.